The molecule has 1 N–H and O–H groups in total. The molecular weight excluding hydrogens is 262 g/mol. The van der Waals surface area contributed by atoms with Gasteiger partial charge >= 0.3 is 0 Å². The van der Waals surface area contributed by atoms with Crippen molar-refractivity contribution in [3.63, 3.8) is 0 Å². The van der Waals surface area contributed by atoms with E-state index in [4.69, 9.17) is 14.2 Å². The molecular formula is C14H29NO3S. The number of hydrogen-bond donors (Lipinski definition) is 1. The van der Waals surface area contributed by atoms with Crippen molar-refractivity contribution in [1.29, 1.82) is 0 Å². The van der Waals surface area contributed by atoms with Crippen molar-refractivity contribution in [2.45, 2.75) is 25.8 Å². The van der Waals surface area contributed by atoms with Crippen LogP contribution in [0.3, 0.4) is 0 Å². The van der Waals surface area contributed by atoms with Crippen LogP contribution in [0, 0.1) is 5.92 Å². The molecule has 2 unspecified atom stereocenters. The molecule has 19 heavy (non-hydrogen) atoms. The molecule has 1 aliphatic heterocycles. The second-order valence-corrected chi connectivity index (χ2v) is 5.94. The molecule has 5 heteroatoms. The Balaban J connectivity index is 1.93. The second kappa shape index (κ2) is 12.0. The smallest absolute Gasteiger partial charge is 0.0701 e. The fraction of sp³-hybridized carbons (Fsp3) is 1.00. The van der Waals surface area contributed by atoms with E-state index in [1.54, 1.807) is 7.11 Å². The highest BCUT2D eigenvalue weighted by Gasteiger charge is 2.26. The first-order chi connectivity index (χ1) is 9.38. The van der Waals surface area contributed by atoms with Crippen molar-refractivity contribution in [2.24, 2.45) is 5.92 Å². The van der Waals surface area contributed by atoms with Crippen LogP contribution in [0.5, 0.6) is 0 Å². The van der Waals surface area contributed by atoms with Crippen molar-refractivity contribution in [3.05, 3.63) is 0 Å². The summed E-state index contributed by atoms with van der Waals surface area (Å²) in [5.74, 6) is 3.30. The van der Waals surface area contributed by atoms with Crippen molar-refractivity contribution < 1.29 is 14.2 Å². The molecule has 4 nitrogen and oxygen atoms in total. The lowest BCUT2D eigenvalue weighted by Gasteiger charge is -2.19. The van der Waals surface area contributed by atoms with Crippen LogP contribution < -0.4 is 5.32 Å². The Labute approximate surface area is 121 Å². The standard InChI is InChI=1S/C14H29NO3S/c1-3-5-15-14-12-19-11-13(14)4-6-17-9-10-18-8-7-16-2/h13-15H,3-12H2,1-2H3. The van der Waals surface area contributed by atoms with Crippen LogP contribution >= 0.6 is 11.8 Å². The first-order valence-electron chi connectivity index (χ1n) is 7.34. The van der Waals surface area contributed by atoms with Crippen LogP contribution in [0.2, 0.25) is 0 Å². The first-order valence-corrected chi connectivity index (χ1v) is 8.49. The lowest BCUT2D eigenvalue weighted by Crippen LogP contribution is -2.36. The summed E-state index contributed by atoms with van der Waals surface area (Å²) in [7, 11) is 1.68. The minimum atomic E-state index is 0.655. The summed E-state index contributed by atoms with van der Waals surface area (Å²) in [6, 6.07) is 0.687. The molecule has 0 spiro atoms. The lowest BCUT2D eigenvalue weighted by molar-refractivity contribution is 0.0218. The lowest BCUT2D eigenvalue weighted by atomic mass is 10.0. The van der Waals surface area contributed by atoms with E-state index in [1.807, 2.05) is 0 Å². The normalized spacial score (nSPS) is 23.1. The Morgan fingerprint density at radius 2 is 1.79 bits per heavy atom. The average Bonchev–Trinajstić information content (AvgIpc) is 2.87. The molecule has 0 aliphatic carbocycles. The highest BCUT2D eigenvalue weighted by molar-refractivity contribution is 7.99. The fourth-order valence-electron chi connectivity index (χ4n) is 2.14. The molecule has 0 saturated carbocycles. The van der Waals surface area contributed by atoms with Gasteiger partial charge in [0.15, 0.2) is 0 Å². The van der Waals surface area contributed by atoms with E-state index in [-0.39, 0.29) is 0 Å². The van der Waals surface area contributed by atoms with Crippen molar-refractivity contribution >= 4 is 11.8 Å². The van der Waals surface area contributed by atoms with Gasteiger partial charge in [-0.25, -0.2) is 0 Å². The average molecular weight is 291 g/mol. The van der Waals surface area contributed by atoms with E-state index in [2.05, 4.69) is 24.0 Å². The molecule has 0 amide bonds. The van der Waals surface area contributed by atoms with E-state index in [0.29, 0.717) is 32.5 Å². The summed E-state index contributed by atoms with van der Waals surface area (Å²) in [5, 5.41) is 3.64. The van der Waals surface area contributed by atoms with Crippen molar-refractivity contribution in [3.8, 4) is 0 Å². The predicted molar refractivity (Wildman–Crippen MR) is 81.0 cm³/mol. The zero-order valence-electron chi connectivity index (χ0n) is 12.4. The van der Waals surface area contributed by atoms with E-state index in [9.17, 15) is 0 Å². The topological polar surface area (TPSA) is 39.7 Å². The van der Waals surface area contributed by atoms with E-state index in [1.165, 1.54) is 17.9 Å². The highest BCUT2D eigenvalue weighted by Crippen LogP contribution is 2.26. The van der Waals surface area contributed by atoms with Gasteiger partial charge in [0.2, 0.25) is 0 Å². The Morgan fingerprint density at radius 3 is 2.53 bits per heavy atom. The van der Waals surface area contributed by atoms with Gasteiger partial charge in [0.25, 0.3) is 0 Å². The molecule has 0 aromatic rings. The van der Waals surface area contributed by atoms with Crippen LogP contribution in [-0.2, 0) is 14.2 Å². The van der Waals surface area contributed by atoms with Crippen molar-refractivity contribution in [1.82, 2.24) is 5.32 Å². The molecule has 1 rings (SSSR count). The summed E-state index contributed by atoms with van der Waals surface area (Å²) in [4.78, 5) is 0. The van der Waals surface area contributed by atoms with Crippen LogP contribution in [0.1, 0.15) is 19.8 Å². The van der Waals surface area contributed by atoms with Crippen LogP contribution in [0.25, 0.3) is 0 Å². The number of methoxy groups -OCH3 is 1. The maximum absolute atomic E-state index is 5.63. The third kappa shape index (κ3) is 8.15. The summed E-state index contributed by atoms with van der Waals surface area (Å²) >= 11 is 2.06. The molecule has 0 aromatic heterocycles. The molecule has 1 aliphatic rings. The van der Waals surface area contributed by atoms with Crippen molar-refractivity contribution in [2.75, 3.05) is 58.2 Å². The van der Waals surface area contributed by atoms with Crippen LogP contribution in [0.15, 0.2) is 0 Å². The molecule has 1 heterocycles. The number of thioether (sulfide) groups is 1. The van der Waals surface area contributed by atoms with Crippen LogP contribution in [-0.4, -0.2) is 64.2 Å². The third-order valence-electron chi connectivity index (χ3n) is 3.29. The SMILES string of the molecule is CCCNC1CSCC1CCOCCOCCOC. The molecule has 0 aromatic carbocycles. The molecule has 0 radical (unpaired) electrons. The van der Waals surface area contributed by atoms with Gasteiger partial charge in [0.05, 0.1) is 26.4 Å². The molecule has 1 saturated heterocycles. The Morgan fingerprint density at radius 1 is 1.05 bits per heavy atom. The second-order valence-electron chi connectivity index (χ2n) is 4.86. The van der Waals surface area contributed by atoms with Gasteiger partial charge in [-0.1, -0.05) is 6.92 Å². The number of hydrogen-bond acceptors (Lipinski definition) is 5. The van der Waals surface area contributed by atoms with Gasteiger partial charge < -0.3 is 19.5 Å². The van der Waals surface area contributed by atoms with Gasteiger partial charge in [-0.3, -0.25) is 0 Å². The number of ether oxygens (including phenoxy) is 3. The molecule has 0 bridgehead atoms. The monoisotopic (exact) mass is 291 g/mol. The summed E-state index contributed by atoms with van der Waals surface area (Å²) in [6.07, 6.45) is 2.37. The van der Waals surface area contributed by atoms with E-state index in [0.717, 1.165) is 25.5 Å². The Hall–Kier alpha value is 0.190. The third-order valence-corrected chi connectivity index (χ3v) is 4.55. The van der Waals surface area contributed by atoms with E-state index < -0.39 is 0 Å². The zero-order valence-corrected chi connectivity index (χ0v) is 13.2. The Kier molecular flexibility index (Phi) is 10.9. The minimum absolute atomic E-state index is 0.655. The summed E-state index contributed by atoms with van der Waals surface area (Å²) in [5.41, 5.74) is 0. The highest BCUT2D eigenvalue weighted by atomic mass is 32.2. The zero-order chi connectivity index (χ0) is 13.8. The van der Waals surface area contributed by atoms with Gasteiger partial charge in [-0.15, -0.1) is 0 Å². The molecule has 1 fully saturated rings. The first kappa shape index (κ1) is 17.2. The van der Waals surface area contributed by atoms with Gasteiger partial charge in [0, 0.05) is 25.5 Å². The van der Waals surface area contributed by atoms with Gasteiger partial charge in [-0.2, -0.15) is 11.8 Å². The Bertz CT molecular complexity index is 207. The number of nitrogens with one attached hydrogen (secondary N) is 1. The summed E-state index contributed by atoms with van der Waals surface area (Å²) < 4.78 is 15.9. The van der Waals surface area contributed by atoms with Gasteiger partial charge in [0.1, 0.15) is 0 Å². The fourth-order valence-corrected chi connectivity index (χ4v) is 3.62. The van der Waals surface area contributed by atoms with Crippen LogP contribution in [0.4, 0.5) is 0 Å². The maximum atomic E-state index is 5.63. The number of rotatable bonds is 12. The van der Waals surface area contributed by atoms with E-state index >= 15 is 0 Å². The maximum Gasteiger partial charge on any atom is 0.0701 e. The molecule has 114 valence electrons. The minimum Gasteiger partial charge on any atom is -0.382 e. The van der Waals surface area contributed by atoms with Gasteiger partial charge in [-0.05, 0) is 31.1 Å². The summed E-state index contributed by atoms with van der Waals surface area (Å²) in [6.45, 7) is 6.87. The quantitative estimate of drug-likeness (QED) is 0.555. The molecule has 2 atom stereocenters. The largest absolute Gasteiger partial charge is 0.382 e. The predicted octanol–water partition coefficient (Wildman–Crippen LogP) is 1.79.